The molecular formula is C22H20ClF3N4OS. The smallest absolute Gasteiger partial charge is 0.380 e. The quantitative estimate of drug-likeness (QED) is 0.532. The van der Waals surface area contributed by atoms with Crippen LogP contribution < -0.4 is 10.2 Å². The van der Waals surface area contributed by atoms with Gasteiger partial charge in [0.2, 0.25) is 0 Å². The number of carbonyl (C=O) groups excluding carboxylic acids is 1. The first-order chi connectivity index (χ1) is 15.3. The number of alkyl halides is 3. The number of thiazole rings is 1. The van der Waals surface area contributed by atoms with E-state index in [9.17, 15) is 18.0 Å². The second-order valence-electron chi connectivity index (χ2n) is 7.33. The summed E-state index contributed by atoms with van der Waals surface area (Å²) in [6, 6.07) is 12.4. The lowest BCUT2D eigenvalue weighted by atomic mass is 10.1. The Morgan fingerprint density at radius 3 is 2.25 bits per heavy atom. The number of anilines is 2. The Balaban J connectivity index is 1.30. The molecule has 0 spiro atoms. The second kappa shape index (κ2) is 9.38. The third kappa shape index (κ3) is 5.34. The summed E-state index contributed by atoms with van der Waals surface area (Å²) in [6.45, 7) is 2.74. The van der Waals surface area contributed by atoms with Gasteiger partial charge in [-0.3, -0.25) is 4.79 Å². The van der Waals surface area contributed by atoms with Crippen molar-refractivity contribution in [3.8, 4) is 0 Å². The molecule has 10 heteroatoms. The molecule has 3 aromatic rings. The number of rotatable bonds is 5. The molecule has 1 fully saturated rings. The molecule has 0 atom stereocenters. The van der Waals surface area contributed by atoms with Crippen LogP contribution in [-0.4, -0.2) is 42.0 Å². The molecule has 2 heterocycles. The van der Waals surface area contributed by atoms with Gasteiger partial charge in [0.1, 0.15) is 0 Å². The Hall–Kier alpha value is -2.78. The standard InChI is InChI=1S/C22H20ClF3N4OS/c23-21-28-14-19(32-21)13-27-17-5-1-15(2-6-17)20(31)30-11-9-29(10-12-30)18-7-3-16(4-8-18)22(24,25)26/h1-8,14,27H,9-13H2. The number of halogens is 4. The molecule has 1 aliphatic rings. The summed E-state index contributed by atoms with van der Waals surface area (Å²) in [5.74, 6) is -0.0575. The van der Waals surface area contributed by atoms with Gasteiger partial charge in [0, 0.05) is 54.2 Å². The van der Waals surface area contributed by atoms with Crippen molar-refractivity contribution in [3.63, 3.8) is 0 Å². The third-order valence-corrected chi connectivity index (χ3v) is 6.37. The second-order valence-corrected chi connectivity index (χ2v) is 9.03. The van der Waals surface area contributed by atoms with Crippen molar-refractivity contribution < 1.29 is 18.0 Å². The monoisotopic (exact) mass is 480 g/mol. The average molecular weight is 481 g/mol. The predicted molar refractivity (Wildman–Crippen MR) is 120 cm³/mol. The minimum atomic E-state index is -4.34. The van der Waals surface area contributed by atoms with Crippen LogP contribution in [-0.2, 0) is 12.7 Å². The number of piperazine rings is 1. The topological polar surface area (TPSA) is 48.5 Å². The normalized spacial score (nSPS) is 14.5. The Morgan fingerprint density at radius 1 is 1.03 bits per heavy atom. The number of aromatic nitrogens is 1. The summed E-state index contributed by atoms with van der Waals surface area (Å²) in [7, 11) is 0. The fourth-order valence-corrected chi connectivity index (χ4v) is 4.41. The molecule has 168 valence electrons. The SMILES string of the molecule is O=C(c1ccc(NCc2cnc(Cl)s2)cc1)N1CCN(c2ccc(C(F)(F)F)cc2)CC1. The van der Waals surface area contributed by atoms with Crippen LogP contribution in [0.5, 0.6) is 0 Å². The van der Waals surface area contributed by atoms with Gasteiger partial charge >= 0.3 is 6.18 Å². The van der Waals surface area contributed by atoms with Gasteiger partial charge in [-0.15, -0.1) is 11.3 Å². The minimum absolute atomic E-state index is 0.0575. The van der Waals surface area contributed by atoms with Gasteiger partial charge in [-0.1, -0.05) is 11.6 Å². The van der Waals surface area contributed by atoms with Crippen LogP contribution in [0, 0.1) is 0 Å². The maximum absolute atomic E-state index is 12.8. The molecule has 1 saturated heterocycles. The molecule has 0 unspecified atom stereocenters. The van der Waals surface area contributed by atoms with Crippen LogP contribution in [0.2, 0.25) is 4.47 Å². The molecule has 1 aliphatic heterocycles. The van der Waals surface area contributed by atoms with Gasteiger partial charge < -0.3 is 15.1 Å². The maximum atomic E-state index is 12.8. The summed E-state index contributed by atoms with van der Waals surface area (Å²) in [5, 5.41) is 3.27. The molecule has 0 radical (unpaired) electrons. The van der Waals surface area contributed by atoms with E-state index < -0.39 is 11.7 Å². The molecule has 1 aromatic heterocycles. The lowest BCUT2D eigenvalue weighted by Gasteiger charge is -2.36. The molecule has 0 bridgehead atoms. The number of nitrogens with zero attached hydrogens (tertiary/aromatic N) is 3. The lowest BCUT2D eigenvalue weighted by Crippen LogP contribution is -2.48. The van der Waals surface area contributed by atoms with E-state index in [0.29, 0.717) is 42.8 Å². The number of hydrogen-bond acceptors (Lipinski definition) is 5. The van der Waals surface area contributed by atoms with Crippen molar-refractivity contribution in [2.75, 3.05) is 36.4 Å². The van der Waals surface area contributed by atoms with Gasteiger partial charge in [-0.25, -0.2) is 4.98 Å². The Labute approximate surface area is 192 Å². The molecular weight excluding hydrogens is 461 g/mol. The molecule has 4 rings (SSSR count). The molecule has 5 nitrogen and oxygen atoms in total. The van der Waals surface area contributed by atoms with Gasteiger partial charge in [0.15, 0.2) is 4.47 Å². The summed E-state index contributed by atoms with van der Waals surface area (Å²) < 4.78 is 38.7. The zero-order valence-electron chi connectivity index (χ0n) is 16.9. The molecule has 0 aliphatic carbocycles. The highest BCUT2D eigenvalue weighted by Crippen LogP contribution is 2.30. The van der Waals surface area contributed by atoms with Crippen LogP contribution in [0.1, 0.15) is 20.8 Å². The van der Waals surface area contributed by atoms with Crippen molar-refractivity contribution in [1.82, 2.24) is 9.88 Å². The van der Waals surface area contributed by atoms with Gasteiger partial charge in [-0.2, -0.15) is 13.2 Å². The molecule has 32 heavy (non-hydrogen) atoms. The minimum Gasteiger partial charge on any atom is -0.380 e. The molecule has 1 N–H and O–H groups in total. The molecule has 2 aromatic carbocycles. The summed E-state index contributed by atoms with van der Waals surface area (Å²) in [4.78, 5) is 21.6. The summed E-state index contributed by atoms with van der Waals surface area (Å²) in [6.07, 6.45) is -2.62. The number of amides is 1. The maximum Gasteiger partial charge on any atom is 0.416 e. The number of nitrogens with one attached hydrogen (secondary N) is 1. The fraction of sp³-hybridized carbons (Fsp3) is 0.273. The Morgan fingerprint density at radius 2 is 1.69 bits per heavy atom. The van der Waals surface area contributed by atoms with E-state index >= 15 is 0 Å². The van der Waals surface area contributed by atoms with Crippen molar-refractivity contribution in [2.45, 2.75) is 12.7 Å². The average Bonchev–Trinajstić information content (AvgIpc) is 3.22. The van der Waals surface area contributed by atoms with Crippen LogP contribution in [0.3, 0.4) is 0 Å². The van der Waals surface area contributed by atoms with Gasteiger partial charge in [0.25, 0.3) is 5.91 Å². The zero-order chi connectivity index (χ0) is 22.7. The van der Waals surface area contributed by atoms with Crippen molar-refractivity contribution in [2.24, 2.45) is 0 Å². The molecule has 1 amide bonds. The van der Waals surface area contributed by atoms with Crippen LogP contribution in [0.25, 0.3) is 0 Å². The van der Waals surface area contributed by atoms with E-state index in [1.807, 2.05) is 17.0 Å². The van der Waals surface area contributed by atoms with Crippen molar-refractivity contribution >= 4 is 40.2 Å². The lowest BCUT2D eigenvalue weighted by molar-refractivity contribution is -0.137. The first-order valence-corrected chi connectivity index (χ1v) is 11.1. The van der Waals surface area contributed by atoms with Crippen LogP contribution in [0.4, 0.5) is 24.5 Å². The van der Waals surface area contributed by atoms with Crippen LogP contribution >= 0.6 is 22.9 Å². The van der Waals surface area contributed by atoms with Crippen molar-refractivity contribution in [3.05, 3.63) is 75.2 Å². The van der Waals surface area contributed by atoms with E-state index in [1.165, 1.54) is 23.5 Å². The summed E-state index contributed by atoms with van der Waals surface area (Å²) >= 11 is 7.24. The van der Waals surface area contributed by atoms with Crippen LogP contribution in [0.15, 0.2) is 54.7 Å². The third-order valence-electron chi connectivity index (χ3n) is 5.25. The number of carbonyl (C=O) groups is 1. The van der Waals surface area contributed by atoms with E-state index in [4.69, 9.17) is 11.6 Å². The first kappa shape index (κ1) is 22.4. The molecule has 0 saturated carbocycles. The zero-order valence-corrected chi connectivity index (χ0v) is 18.5. The Bertz CT molecular complexity index is 1060. The number of benzene rings is 2. The fourth-order valence-electron chi connectivity index (χ4n) is 3.50. The highest BCUT2D eigenvalue weighted by atomic mass is 35.5. The largest absolute Gasteiger partial charge is 0.416 e. The number of hydrogen-bond donors (Lipinski definition) is 1. The van der Waals surface area contributed by atoms with Gasteiger partial charge in [-0.05, 0) is 48.5 Å². The van der Waals surface area contributed by atoms with Gasteiger partial charge in [0.05, 0.1) is 12.1 Å². The van der Waals surface area contributed by atoms with E-state index in [-0.39, 0.29) is 5.91 Å². The van der Waals surface area contributed by atoms with E-state index in [0.717, 1.165) is 28.4 Å². The van der Waals surface area contributed by atoms with E-state index in [2.05, 4.69) is 10.3 Å². The highest BCUT2D eigenvalue weighted by molar-refractivity contribution is 7.15. The summed E-state index contributed by atoms with van der Waals surface area (Å²) in [5.41, 5.74) is 1.55. The first-order valence-electron chi connectivity index (χ1n) is 9.95. The van der Waals surface area contributed by atoms with E-state index in [1.54, 1.807) is 23.2 Å². The Kier molecular flexibility index (Phi) is 6.57. The predicted octanol–water partition coefficient (Wildman–Crippen LogP) is 5.39. The van der Waals surface area contributed by atoms with Crippen molar-refractivity contribution in [1.29, 1.82) is 0 Å². The highest BCUT2D eigenvalue weighted by Gasteiger charge is 2.30.